The first kappa shape index (κ1) is 19.9. The maximum Gasteiger partial charge on any atom is 0.255 e. The number of carbonyl (C=O) groups excluding carboxylic acids is 1. The lowest BCUT2D eigenvalue weighted by Crippen LogP contribution is -2.11. The highest BCUT2D eigenvalue weighted by molar-refractivity contribution is 7.98. The molecule has 3 aromatic rings. The Morgan fingerprint density at radius 3 is 1.86 bits per heavy atom. The minimum Gasteiger partial charge on any atom is -0.322 e. The summed E-state index contributed by atoms with van der Waals surface area (Å²) >= 11 is 0.483. The number of nitrogens with one attached hydrogen (secondary N) is 1. The summed E-state index contributed by atoms with van der Waals surface area (Å²) in [5, 5.41) is 2.71. The van der Waals surface area contributed by atoms with Crippen LogP contribution in [0.3, 0.4) is 0 Å². The maximum absolute atomic E-state index is 13.7. The quantitative estimate of drug-likeness (QED) is 0.245. The van der Waals surface area contributed by atoms with Gasteiger partial charge in [0.25, 0.3) is 5.91 Å². The summed E-state index contributed by atoms with van der Waals surface area (Å²) in [5.41, 5.74) is 1.53. The van der Waals surface area contributed by atoms with E-state index in [9.17, 15) is 26.7 Å². The van der Waals surface area contributed by atoms with Gasteiger partial charge in [0.1, 0.15) is 0 Å². The molecule has 0 aliphatic heterocycles. The Morgan fingerprint density at radius 2 is 1.29 bits per heavy atom. The van der Waals surface area contributed by atoms with Gasteiger partial charge in [0.05, 0.1) is 4.90 Å². The van der Waals surface area contributed by atoms with E-state index in [0.29, 0.717) is 28.6 Å². The first-order valence-corrected chi connectivity index (χ1v) is 8.96. The Bertz CT molecular complexity index is 980. The number of anilines is 1. The van der Waals surface area contributed by atoms with E-state index in [1.807, 2.05) is 6.07 Å². The van der Waals surface area contributed by atoms with E-state index in [1.165, 1.54) is 12.1 Å². The molecule has 0 bridgehead atoms. The molecule has 0 aliphatic carbocycles. The molecular weight excluding hydrogens is 397 g/mol. The van der Waals surface area contributed by atoms with Crippen LogP contribution in [-0.2, 0) is 5.75 Å². The van der Waals surface area contributed by atoms with E-state index in [2.05, 4.69) is 5.32 Å². The van der Waals surface area contributed by atoms with Gasteiger partial charge >= 0.3 is 0 Å². The number of carbonyl (C=O) groups is 1. The van der Waals surface area contributed by atoms with Gasteiger partial charge in [-0.25, -0.2) is 22.0 Å². The fourth-order valence-electron chi connectivity index (χ4n) is 2.34. The fourth-order valence-corrected chi connectivity index (χ4v) is 3.28. The third-order valence-corrected chi connectivity index (χ3v) is 4.93. The van der Waals surface area contributed by atoms with Crippen molar-refractivity contribution in [1.29, 1.82) is 0 Å². The zero-order valence-corrected chi connectivity index (χ0v) is 14.9. The van der Waals surface area contributed by atoms with Crippen LogP contribution in [0.15, 0.2) is 59.5 Å². The number of thioether (sulfide) groups is 1. The Hall–Kier alpha value is -2.87. The molecule has 3 rings (SSSR count). The highest BCUT2D eigenvalue weighted by Gasteiger charge is 2.25. The van der Waals surface area contributed by atoms with E-state index < -0.39 is 34.0 Å². The molecule has 0 fully saturated rings. The smallest absolute Gasteiger partial charge is 0.255 e. The van der Waals surface area contributed by atoms with Crippen LogP contribution in [0.1, 0.15) is 15.9 Å². The van der Waals surface area contributed by atoms with Crippen molar-refractivity contribution in [1.82, 2.24) is 0 Å². The molecule has 8 heteroatoms. The summed E-state index contributed by atoms with van der Waals surface area (Å²) in [5.74, 6) is -10.2. The molecule has 0 unspecified atom stereocenters. The Morgan fingerprint density at radius 1 is 0.750 bits per heavy atom. The average Bonchev–Trinajstić information content (AvgIpc) is 2.72. The van der Waals surface area contributed by atoms with Crippen molar-refractivity contribution < 1.29 is 26.7 Å². The number of hydrogen-bond acceptors (Lipinski definition) is 2. The molecule has 0 saturated heterocycles. The van der Waals surface area contributed by atoms with Crippen LogP contribution in [0, 0.1) is 29.1 Å². The van der Waals surface area contributed by atoms with E-state index >= 15 is 0 Å². The molecule has 1 N–H and O–H groups in total. The van der Waals surface area contributed by atoms with Crippen molar-refractivity contribution in [3.8, 4) is 0 Å². The number of para-hydroxylation sites is 1. The van der Waals surface area contributed by atoms with E-state index in [0.717, 1.165) is 0 Å². The molecule has 0 saturated carbocycles. The maximum atomic E-state index is 13.7. The predicted octanol–water partition coefficient (Wildman–Crippen LogP) is 5.93. The van der Waals surface area contributed by atoms with Crippen molar-refractivity contribution in [2.75, 3.05) is 5.32 Å². The first-order valence-electron chi connectivity index (χ1n) is 7.98. The highest BCUT2D eigenvalue weighted by atomic mass is 32.2. The van der Waals surface area contributed by atoms with Gasteiger partial charge in [0.2, 0.25) is 5.82 Å². The van der Waals surface area contributed by atoms with Crippen LogP contribution < -0.4 is 5.32 Å². The molecule has 0 aromatic heterocycles. The molecule has 1 amide bonds. The minimum atomic E-state index is -2.19. The van der Waals surface area contributed by atoms with Gasteiger partial charge in [0, 0.05) is 17.0 Å². The SMILES string of the molecule is O=C(Nc1ccccc1)c1ccc(CSc2c(F)c(F)c(F)c(F)c2F)cc1. The summed E-state index contributed by atoms with van der Waals surface area (Å²) in [6.45, 7) is 0. The minimum absolute atomic E-state index is 0.0427. The average molecular weight is 409 g/mol. The third kappa shape index (κ3) is 4.17. The van der Waals surface area contributed by atoms with Crippen molar-refractivity contribution in [2.45, 2.75) is 10.6 Å². The monoisotopic (exact) mass is 409 g/mol. The van der Waals surface area contributed by atoms with E-state index in [1.54, 1.807) is 36.4 Å². The van der Waals surface area contributed by atoms with Gasteiger partial charge in [-0.3, -0.25) is 4.79 Å². The number of amides is 1. The van der Waals surface area contributed by atoms with Gasteiger partial charge in [-0.2, -0.15) is 0 Å². The predicted molar refractivity (Wildman–Crippen MR) is 96.6 cm³/mol. The van der Waals surface area contributed by atoms with Crippen molar-refractivity contribution in [3.63, 3.8) is 0 Å². The summed E-state index contributed by atoms with van der Waals surface area (Å²) in [6, 6.07) is 14.9. The van der Waals surface area contributed by atoms with E-state index in [-0.39, 0.29) is 11.7 Å². The number of halogens is 5. The van der Waals surface area contributed by atoms with Crippen molar-refractivity contribution in [2.24, 2.45) is 0 Å². The van der Waals surface area contributed by atoms with Crippen LogP contribution in [-0.4, -0.2) is 5.91 Å². The lowest BCUT2D eigenvalue weighted by atomic mass is 10.1. The second-order valence-electron chi connectivity index (χ2n) is 5.70. The third-order valence-electron chi connectivity index (χ3n) is 3.80. The first-order chi connectivity index (χ1) is 13.4. The van der Waals surface area contributed by atoms with Gasteiger partial charge in [0.15, 0.2) is 23.3 Å². The lowest BCUT2D eigenvalue weighted by Gasteiger charge is -2.09. The Labute approximate surface area is 161 Å². The fraction of sp³-hybridized carbons (Fsp3) is 0.0500. The summed E-state index contributed by atoms with van der Waals surface area (Å²) in [7, 11) is 0. The van der Waals surface area contributed by atoms with Gasteiger partial charge in [-0.15, -0.1) is 11.8 Å². The molecule has 0 heterocycles. The number of hydrogen-bond donors (Lipinski definition) is 1. The van der Waals surface area contributed by atoms with Gasteiger partial charge in [-0.05, 0) is 29.8 Å². The molecule has 0 aliphatic rings. The summed E-state index contributed by atoms with van der Waals surface area (Å²) in [6.07, 6.45) is 0. The van der Waals surface area contributed by atoms with Crippen LogP contribution in [0.2, 0.25) is 0 Å². The number of benzene rings is 3. The van der Waals surface area contributed by atoms with Gasteiger partial charge < -0.3 is 5.32 Å². The number of rotatable bonds is 5. The summed E-state index contributed by atoms with van der Waals surface area (Å²) < 4.78 is 66.9. The highest BCUT2D eigenvalue weighted by Crippen LogP contribution is 2.32. The molecule has 0 spiro atoms. The zero-order valence-electron chi connectivity index (χ0n) is 14.1. The Kier molecular flexibility index (Phi) is 5.99. The molecule has 0 atom stereocenters. The topological polar surface area (TPSA) is 29.1 Å². The lowest BCUT2D eigenvalue weighted by molar-refractivity contribution is 0.102. The van der Waals surface area contributed by atoms with Gasteiger partial charge in [-0.1, -0.05) is 30.3 Å². The Balaban J connectivity index is 1.69. The molecule has 2 nitrogen and oxygen atoms in total. The largest absolute Gasteiger partial charge is 0.322 e. The normalized spacial score (nSPS) is 10.8. The van der Waals surface area contributed by atoms with Crippen LogP contribution in [0.4, 0.5) is 27.6 Å². The molecule has 28 heavy (non-hydrogen) atoms. The van der Waals surface area contributed by atoms with E-state index in [4.69, 9.17) is 0 Å². The second-order valence-corrected chi connectivity index (χ2v) is 6.69. The molecule has 0 radical (unpaired) electrons. The standard InChI is InChI=1S/C20H12F5NOS/c21-14-15(22)17(24)19(18(25)16(14)23)28-10-11-6-8-12(9-7-11)20(27)26-13-4-2-1-3-5-13/h1-9H,10H2,(H,26,27). The van der Waals surface area contributed by atoms with Crippen LogP contribution >= 0.6 is 11.8 Å². The van der Waals surface area contributed by atoms with Crippen LogP contribution in [0.5, 0.6) is 0 Å². The van der Waals surface area contributed by atoms with Crippen molar-refractivity contribution in [3.05, 3.63) is 94.8 Å². The zero-order chi connectivity index (χ0) is 20.3. The van der Waals surface area contributed by atoms with Crippen molar-refractivity contribution >= 4 is 23.4 Å². The van der Waals surface area contributed by atoms with Crippen LogP contribution in [0.25, 0.3) is 0 Å². The molecule has 144 valence electrons. The second kappa shape index (κ2) is 8.43. The molecular formula is C20H12F5NOS. The summed E-state index contributed by atoms with van der Waals surface area (Å²) in [4.78, 5) is 11.2. The molecule has 3 aromatic carbocycles.